The molecule has 0 heterocycles. The van der Waals surface area contributed by atoms with Gasteiger partial charge >= 0.3 is 0 Å². The molecular weight excluding hydrogens is 154 g/mol. The number of hydrogen-bond donors (Lipinski definition) is 3. The van der Waals surface area contributed by atoms with Crippen LogP contribution in [-0.4, -0.2) is 34.5 Å². The van der Waals surface area contributed by atoms with Crippen molar-refractivity contribution in [2.24, 2.45) is 0 Å². The lowest BCUT2D eigenvalue weighted by Crippen LogP contribution is -2.49. The van der Waals surface area contributed by atoms with Gasteiger partial charge in [-0.25, -0.2) is 0 Å². The molecular formula is C9H21NO2. The summed E-state index contributed by atoms with van der Waals surface area (Å²) >= 11 is 0. The molecule has 0 fully saturated rings. The first-order valence-electron chi connectivity index (χ1n) is 4.51. The molecule has 0 rings (SSSR count). The molecule has 0 radical (unpaired) electrons. The predicted octanol–water partition coefficient (Wildman–Crippen LogP) is 0.506. The summed E-state index contributed by atoms with van der Waals surface area (Å²) in [6.45, 7) is 7.56. The maximum Gasteiger partial charge on any atom is 0.0741 e. The molecule has 0 spiro atoms. The average molecular weight is 175 g/mol. The monoisotopic (exact) mass is 175 g/mol. The fourth-order valence-corrected chi connectivity index (χ4v) is 0.857. The molecule has 0 aliphatic carbocycles. The normalized spacial score (nSPS) is 17.5. The molecule has 0 aromatic carbocycles. The van der Waals surface area contributed by atoms with Crippen molar-refractivity contribution in [3.8, 4) is 0 Å². The van der Waals surface area contributed by atoms with Gasteiger partial charge in [0.15, 0.2) is 0 Å². The van der Waals surface area contributed by atoms with Crippen LogP contribution in [0.15, 0.2) is 0 Å². The van der Waals surface area contributed by atoms with E-state index in [0.29, 0.717) is 0 Å². The molecule has 3 nitrogen and oxygen atoms in total. The Morgan fingerprint density at radius 1 is 1.42 bits per heavy atom. The van der Waals surface area contributed by atoms with Crippen LogP contribution in [0, 0.1) is 0 Å². The molecule has 3 N–H and O–H groups in total. The van der Waals surface area contributed by atoms with E-state index in [4.69, 9.17) is 5.11 Å². The zero-order chi connectivity index (χ0) is 9.78. The molecule has 0 aromatic heterocycles. The fraction of sp³-hybridized carbons (Fsp3) is 1.00. The Balaban J connectivity index is 3.90. The summed E-state index contributed by atoms with van der Waals surface area (Å²) in [5.41, 5.74) is -0.734. The third-order valence-corrected chi connectivity index (χ3v) is 2.26. The Kier molecular flexibility index (Phi) is 4.75. The summed E-state index contributed by atoms with van der Waals surface area (Å²) in [6.07, 6.45) is 0.872. The van der Waals surface area contributed by atoms with Crippen molar-refractivity contribution < 1.29 is 10.2 Å². The number of hydrogen-bond acceptors (Lipinski definition) is 3. The minimum atomic E-state index is -0.734. The van der Waals surface area contributed by atoms with Gasteiger partial charge in [0.25, 0.3) is 0 Å². The molecule has 0 saturated heterocycles. The number of nitrogens with one attached hydrogen (secondary N) is 1. The molecule has 0 bridgehead atoms. The van der Waals surface area contributed by atoms with E-state index < -0.39 is 5.60 Å². The van der Waals surface area contributed by atoms with Gasteiger partial charge in [-0.3, -0.25) is 0 Å². The summed E-state index contributed by atoms with van der Waals surface area (Å²) in [5.74, 6) is 0. The first kappa shape index (κ1) is 11.9. The van der Waals surface area contributed by atoms with Crippen molar-refractivity contribution in [1.82, 2.24) is 5.32 Å². The van der Waals surface area contributed by atoms with E-state index in [9.17, 15) is 5.11 Å². The highest BCUT2D eigenvalue weighted by atomic mass is 16.3. The van der Waals surface area contributed by atoms with Crippen molar-refractivity contribution >= 4 is 0 Å². The summed E-state index contributed by atoms with van der Waals surface area (Å²) in [4.78, 5) is 0. The van der Waals surface area contributed by atoms with Crippen LogP contribution >= 0.6 is 0 Å². The molecule has 0 aliphatic rings. The summed E-state index contributed by atoms with van der Waals surface area (Å²) < 4.78 is 0. The summed E-state index contributed by atoms with van der Waals surface area (Å²) in [6, 6.07) is 0.0843. The Morgan fingerprint density at radius 2 is 1.92 bits per heavy atom. The van der Waals surface area contributed by atoms with Gasteiger partial charge in [-0.05, 0) is 27.2 Å². The molecule has 2 atom stereocenters. The Hall–Kier alpha value is -0.120. The largest absolute Gasteiger partial charge is 0.395 e. The molecule has 3 heteroatoms. The second-order valence-electron chi connectivity index (χ2n) is 3.83. The lowest BCUT2D eigenvalue weighted by Gasteiger charge is -2.30. The summed E-state index contributed by atoms with van der Waals surface area (Å²) in [5, 5.41) is 21.6. The van der Waals surface area contributed by atoms with Gasteiger partial charge in [0.2, 0.25) is 0 Å². The Labute approximate surface area is 74.8 Å². The Morgan fingerprint density at radius 3 is 2.17 bits per heavy atom. The van der Waals surface area contributed by atoms with Crippen LogP contribution < -0.4 is 5.32 Å². The smallest absolute Gasteiger partial charge is 0.0741 e. The van der Waals surface area contributed by atoms with Gasteiger partial charge in [0, 0.05) is 12.1 Å². The third-order valence-electron chi connectivity index (χ3n) is 2.26. The number of aliphatic hydroxyl groups is 2. The van der Waals surface area contributed by atoms with Gasteiger partial charge < -0.3 is 15.5 Å². The summed E-state index contributed by atoms with van der Waals surface area (Å²) in [7, 11) is 0. The highest BCUT2D eigenvalue weighted by Crippen LogP contribution is 2.08. The second kappa shape index (κ2) is 4.80. The zero-order valence-corrected chi connectivity index (χ0v) is 8.46. The van der Waals surface area contributed by atoms with E-state index in [1.54, 1.807) is 13.8 Å². The molecule has 1 unspecified atom stereocenters. The molecule has 0 aromatic rings. The van der Waals surface area contributed by atoms with E-state index in [1.165, 1.54) is 0 Å². The maximum absolute atomic E-state index is 9.58. The molecule has 12 heavy (non-hydrogen) atoms. The van der Waals surface area contributed by atoms with Gasteiger partial charge in [-0.1, -0.05) is 6.92 Å². The third kappa shape index (κ3) is 4.04. The van der Waals surface area contributed by atoms with Gasteiger partial charge in [0.1, 0.15) is 0 Å². The SMILES string of the molecule is CC[C@H](CO)NC(C)C(C)(C)O. The van der Waals surface area contributed by atoms with Crippen LogP contribution in [-0.2, 0) is 0 Å². The first-order chi connectivity index (χ1) is 5.41. The minimum Gasteiger partial charge on any atom is -0.395 e. The first-order valence-corrected chi connectivity index (χ1v) is 4.51. The van der Waals surface area contributed by atoms with Crippen LogP contribution in [0.2, 0.25) is 0 Å². The molecule has 0 saturated carbocycles. The lowest BCUT2D eigenvalue weighted by molar-refractivity contribution is 0.0359. The van der Waals surface area contributed by atoms with Crippen LogP contribution in [0.3, 0.4) is 0 Å². The quantitative estimate of drug-likeness (QED) is 0.570. The highest BCUT2D eigenvalue weighted by molar-refractivity contribution is 4.82. The zero-order valence-electron chi connectivity index (χ0n) is 8.46. The average Bonchev–Trinajstić information content (AvgIpc) is 1.97. The minimum absolute atomic E-state index is 0.00500. The fourth-order valence-electron chi connectivity index (χ4n) is 0.857. The van der Waals surface area contributed by atoms with Crippen LogP contribution in [0.5, 0.6) is 0 Å². The van der Waals surface area contributed by atoms with E-state index in [1.807, 2.05) is 13.8 Å². The molecule has 74 valence electrons. The molecule has 0 aliphatic heterocycles. The van der Waals surface area contributed by atoms with Crippen molar-refractivity contribution in [2.75, 3.05) is 6.61 Å². The number of rotatable bonds is 5. The van der Waals surface area contributed by atoms with Crippen LogP contribution in [0.25, 0.3) is 0 Å². The van der Waals surface area contributed by atoms with Crippen LogP contribution in [0.1, 0.15) is 34.1 Å². The van der Waals surface area contributed by atoms with E-state index in [-0.39, 0.29) is 18.7 Å². The lowest BCUT2D eigenvalue weighted by atomic mass is 9.99. The Bertz CT molecular complexity index is 116. The van der Waals surface area contributed by atoms with Gasteiger partial charge in [-0.2, -0.15) is 0 Å². The van der Waals surface area contributed by atoms with Crippen molar-refractivity contribution in [3.63, 3.8) is 0 Å². The standard InChI is InChI=1S/C9H21NO2/c1-5-8(6-11)10-7(2)9(3,4)12/h7-8,10-12H,5-6H2,1-4H3/t7?,8-/m1/s1. The van der Waals surface area contributed by atoms with Crippen molar-refractivity contribution in [3.05, 3.63) is 0 Å². The van der Waals surface area contributed by atoms with E-state index in [2.05, 4.69) is 5.32 Å². The second-order valence-corrected chi connectivity index (χ2v) is 3.83. The van der Waals surface area contributed by atoms with Gasteiger partial charge in [-0.15, -0.1) is 0 Å². The van der Waals surface area contributed by atoms with Crippen LogP contribution in [0.4, 0.5) is 0 Å². The van der Waals surface area contributed by atoms with E-state index in [0.717, 1.165) is 6.42 Å². The van der Waals surface area contributed by atoms with E-state index >= 15 is 0 Å². The van der Waals surface area contributed by atoms with Crippen molar-refractivity contribution in [1.29, 1.82) is 0 Å². The van der Waals surface area contributed by atoms with Gasteiger partial charge in [0.05, 0.1) is 12.2 Å². The maximum atomic E-state index is 9.58. The van der Waals surface area contributed by atoms with Crippen molar-refractivity contribution in [2.45, 2.75) is 51.8 Å². The topological polar surface area (TPSA) is 52.5 Å². The predicted molar refractivity (Wildman–Crippen MR) is 50.1 cm³/mol. The molecule has 0 amide bonds. The highest BCUT2D eigenvalue weighted by Gasteiger charge is 2.23. The number of aliphatic hydroxyl groups excluding tert-OH is 1.